The molecule has 0 aliphatic heterocycles. The summed E-state index contributed by atoms with van der Waals surface area (Å²) >= 11 is 0. The third-order valence-corrected chi connectivity index (χ3v) is 1.81. The molecule has 4 N–H and O–H groups in total. The van der Waals surface area contributed by atoms with Gasteiger partial charge in [-0.3, -0.25) is 0 Å². The van der Waals surface area contributed by atoms with Crippen LogP contribution in [-0.2, 0) is 9.47 Å². The maximum atomic E-state index is 5.55. The van der Waals surface area contributed by atoms with Crippen molar-refractivity contribution < 1.29 is 9.47 Å². The summed E-state index contributed by atoms with van der Waals surface area (Å²) in [4.78, 5) is 0. The molecule has 0 radical (unpaired) electrons. The molecule has 0 heterocycles. The van der Waals surface area contributed by atoms with Crippen LogP contribution in [0.15, 0.2) is 0 Å². The molecule has 0 saturated heterocycles. The largest absolute Gasteiger partial charge is 0.352 e. The van der Waals surface area contributed by atoms with E-state index in [1.54, 1.807) is 0 Å². The number of rotatable bonds is 9. The van der Waals surface area contributed by atoms with Gasteiger partial charge in [0, 0.05) is 5.92 Å². The van der Waals surface area contributed by atoms with Crippen molar-refractivity contribution >= 4 is 0 Å². The van der Waals surface area contributed by atoms with Gasteiger partial charge in [-0.1, -0.05) is 13.8 Å². The lowest BCUT2D eigenvalue weighted by molar-refractivity contribution is -0.166. The van der Waals surface area contributed by atoms with E-state index in [1.165, 1.54) is 0 Å². The smallest absolute Gasteiger partial charge is 0.159 e. The lowest BCUT2D eigenvalue weighted by Crippen LogP contribution is -2.25. The average Bonchev–Trinajstić information content (AvgIpc) is 2.15. The van der Waals surface area contributed by atoms with Gasteiger partial charge in [0.15, 0.2) is 6.29 Å². The normalized spacial score (nSPS) is 11.6. The molecule has 14 heavy (non-hydrogen) atoms. The molecular formula is C10H24N2O2. The van der Waals surface area contributed by atoms with E-state index in [2.05, 4.69) is 13.8 Å². The Hall–Kier alpha value is -0.160. The third-order valence-electron chi connectivity index (χ3n) is 1.81. The van der Waals surface area contributed by atoms with E-state index in [9.17, 15) is 0 Å². The Morgan fingerprint density at radius 3 is 1.64 bits per heavy atom. The molecule has 0 aromatic heterocycles. The van der Waals surface area contributed by atoms with Gasteiger partial charge in [0.05, 0.1) is 13.2 Å². The Balaban J connectivity index is 3.55. The van der Waals surface area contributed by atoms with Crippen molar-refractivity contribution in [1.82, 2.24) is 0 Å². The van der Waals surface area contributed by atoms with Crippen LogP contribution in [0, 0.1) is 5.92 Å². The summed E-state index contributed by atoms with van der Waals surface area (Å²) in [5.41, 5.74) is 10.8. The summed E-state index contributed by atoms with van der Waals surface area (Å²) in [6, 6.07) is 0. The van der Waals surface area contributed by atoms with Crippen LogP contribution in [-0.4, -0.2) is 32.6 Å². The molecule has 0 fully saturated rings. The molecule has 4 nitrogen and oxygen atoms in total. The molecule has 0 amide bonds. The SMILES string of the molecule is CC(C)C(OCCCN)OCCCN. The first kappa shape index (κ1) is 13.8. The van der Waals surface area contributed by atoms with Crippen molar-refractivity contribution in [2.24, 2.45) is 17.4 Å². The number of hydrogen-bond acceptors (Lipinski definition) is 4. The van der Waals surface area contributed by atoms with Crippen LogP contribution in [0.1, 0.15) is 26.7 Å². The molecular weight excluding hydrogens is 180 g/mol. The van der Waals surface area contributed by atoms with Crippen molar-refractivity contribution in [1.29, 1.82) is 0 Å². The summed E-state index contributed by atoms with van der Waals surface area (Å²) in [5.74, 6) is 0.366. The predicted molar refractivity (Wildman–Crippen MR) is 57.9 cm³/mol. The van der Waals surface area contributed by atoms with Crippen molar-refractivity contribution in [3.63, 3.8) is 0 Å². The lowest BCUT2D eigenvalue weighted by Gasteiger charge is -2.21. The fraction of sp³-hybridized carbons (Fsp3) is 1.00. The molecule has 0 saturated carbocycles. The van der Waals surface area contributed by atoms with Gasteiger partial charge in [-0.2, -0.15) is 0 Å². The van der Waals surface area contributed by atoms with Crippen molar-refractivity contribution in [2.45, 2.75) is 33.0 Å². The lowest BCUT2D eigenvalue weighted by atomic mass is 10.2. The summed E-state index contributed by atoms with van der Waals surface area (Å²) in [5, 5.41) is 0. The highest BCUT2D eigenvalue weighted by Gasteiger charge is 2.13. The zero-order valence-electron chi connectivity index (χ0n) is 9.37. The maximum absolute atomic E-state index is 5.55. The second-order valence-electron chi connectivity index (χ2n) is 3.64. The zero-order chi connectivity index (χ0) is 10.8. The van der Waals surface area contributed by atoms with E-state index in [-0.39, 0.29) is 6.29 Å². The van der Waals surface area contributed by atoms with E-state index in [0.29, 0.717) is 32.2 Å². The highest BCUT2D eigenvalue weighted by Crippen LogP contribution is 2.08. The first-order chi connectivity index (χ1) is 6.72. The minimum absolute atomic E-state index is 0.118. The molecule has 0 aliphatic rings. The van der Waals surface area contributed by atoms with Gasteiger partial charge in [-0.05, 0) is 25.9 Å². The van der Waals surface area contributed by atoms with Gasteiger partial charge in [-0.15, -0.1) is 0 Å². The minimum atomic E-state index is -0.118. The number of nitrogens with two attached hydrogens (primary N) is 2. The molecule has 4 heteroatoms. The standard InChI is InChI=1S/C10H24N2O2/c1-9(2)10(13-7-3-5-11)14-8-4-6-12/h9-10H,3-8,11-12H2,1-2H3. The van der Waals surface area contributed by atoms with Crippen LogP contribution < -0.4 is 11.5 Å². The summed E-state index contributed by atoms with van der Waals surface area (Å²) in [7, 11) is 0. The summed E-state index contributed by atoms with van der Waals surface area (Å²) in [6.45, 7) is 6.82. The van der Waals surface area contributed by atoms with Crippen LogP contribution >= 0.6 is 0 Å². The summed E-state index contributed by atoms with van der Waals surface area (Å²) < 4.78 is 11.1. The molecule has 0 bridgehead atoms. The molecule has 0 aromatic carbocycles. The topological polar surface area (TPSA) is 70.5 Å². The van der Waals surface area contributed by atoms with Gasteiger partial charge in [0.1, 0.15) is 0 Å². The Morgan fingerprint density at radius 1 is 0.929 bits per heavy atom. The van der Waals surface area contributed by atoms with Crippen LogP contribution in [0.25, 0.3) is 0 Å². The fourth-order valence-corrected chi connectivity index (χ4v) is 0.999. The Kier molecular flexibility index (Phi) is 9.29. The number of hydrogen-bond donors (Lipinski definition) is 2. The van der Waals surface area contributed by atoms with Gasteiger partial charge >= 0.3 is 0 Å². The maximum Gasteiger partial charge on any atom is 0.159 e. The van der Waals surface area contributed by atoms with E-state index in [0.717, 1.165) is 12.8 Å². The molecule has 0 atom stereocenters. The van der Waals surface area contributed by atoms with E-state index in [1.807, 2.05) is 0 Å². The predicted octanol–water partition coefficient (Wildman–Crippen LogP) is 0.699. The minimum Gasteiger partial charge on any atom is -0.352 e. The summed E-state index contributed by atoms with van der Waals surface area (Å²) in [6.07, 6.45) is 1.64. The van der Waals surface area contributed by atoms with Crippen molar-refractivity contribution in [3.8, 4) is 0 Å². The van der Waals surface area contributed by atoms with Gasteiger partial charge in [0.25, 0.3) is 0 Å². The Labute approximate surface area is 86.9 Å². The molecule has 0 aliphatic carbocycles. The van der Waals surface area contributed by atoms with Crippen LogP contribution in [0.3, 0.4) is 0 Å². The molecule has 0 rings (SSSR count). The molecule has 0 spiro atoms. The van der Waals surface area contributed by atoms with Gasteiger partial charge in [0.2, 0.25) is 0 Å². The van der Waals surface area contributed by atoms with Crippen LogP contribution in [0.4, 0.5) is 0 Å². The third kappa shape index (κ3) is 7.26. The van der Waals surface area contributed by atoms with Gasteiger partial charge < -0.3 is 20.9 Å². The first-order valence-electron chi connectivity index (χ1n) is 5.35. The second-order valence-corrected chi connectivity index (χ2v) is 3.64. The van der Waals surface area contributed by atoms with E-state index >= 15 is 0 Å². The van der Waals surface area contributed by atoms with Crippen LogP contribution in [0.2, 0.25) is 0 Å². The second kappa shape index (κ2) is 9.40. The monoisotopic (exact) mass is 204 g/mol. The highest BCUT2D eigenvalue weighted by molar-refractivity contribution is 4.51. The zero-order valence-corrected chi connectivity index (χ0v) is 9.37. The first-order valence-corrected chi connectivity index (χ1v) is 5.35. The average molecular weight is 204 g/mol. The van der Waals surface area contributed by atoms with Gasteiger partial charge in [-0.25, -0.2) is 0 Å². The molecule has 86 valence electrons. The van der Waals surface area contributed by atoms with Crippen molar-refractivity contribution in [3.05, 3.63) is 0 Å². The quantitative estimate of drug-likeness (QED) is 0.428. The van der Waals surface area contributed by atoms with E-state index < -0.39 is 0 Å². The molecule has 0 aromatic rings. The highest BCUT2D eigenvalue weighted by atomic mass is 16.7. The fourth-order valence-electron chi connectivity index (χ4n) is 0.999. The number of ether oxygens (including phenoxy) is 2. The Bertz CT molecular complexity index is 111. The van der Waals surface area contributed by atoms with Crippen LogP contribution in [0.5, 0.6) is 0 Å². The van der Waals surface area contributed by atoms with E-state index in [4.69, 9.17) is 20.9 Å². The van der Waals surface area contributed by atoms with Crippen molar-refractivity contribution in [2.75, 3.05) is 26.3 Å². The Morgan fingerprint density at radius 2 is 1.36 bits per heavy atom. The molecule has 0 unspecified atom stereocenters.